The molecule has 1 unspecified atom stereocenters. The van der Waals surface area contributed by atoms with Crippen LogP contribution in [0.15, 0.2) is 18.5 Å². The Morgan fingerprint density at radius 3 is 2.38 bits per heavy atom. The second-order valence-corrected chi connectivity index (χ2v) is 12.8. The molecule has 218 valence electrons. The fourth-order valence-corrected chi connectivity index (χ4v) is 7.96. The van der Waals surface area contributed by atoms with Gasteiger partial charge >= 0.3 is 0 Å². The number of anilines is 4. The van der Waals surface area contributed by atoms with Crippen molar-refractivity contribution in [2.45, 2.75) is 100 Å². The van der Waals surface area contributed by atoms with E-state index in [-0.39, 0.29) is 22.6 Å². The Morgan fingerprint density at radius 2 is 1.68 bits per heavy atom. The van der Waals surface area contributed by atoms with Crippen molar-refractivity contribution in [2.75, 3.05) is 54.0 Å². The molecule has 1 spiro atoms. The van der Waals surface area contributed by atoms with Gasteiger partial charge in [0.1, 0.15) is 11.4 Å². The molecule has 2 aromatic rings. The number of nitrogens with one attached hydrogen (secondary N) is 2. The number of rotatable bonds is 4. The summed E-state index contributed by atoms with van der Waals surface area (Å²) in [5.41, 5.74) is 8.29. The highest BCUT2D eigenvalue weighted by molar-refractivity contribution is 6.22. The quantitative estimate of drug-likeness (QED) is 0.422. The number of hydrogen-bond donors (Lipinski definition) is 3. The maximum Gasteiger partial charge on any atom is 0.263 e. The van der Waals surface area contributed by atoms with Gasteiger partial charge in [0, 0.05) is 31.9 Å². The zero-order valence-electron chi connectivity index (χ0n) is 23.7. The topological polar surface area (TPSA) is 104 Å². The van der Waals surface area contributed by atoms with Crippen molar-refractivity contribution in [2.24, 2.45) is 0 Å². The van der Waals surface area contributed by atoms with Gasteiger partial charge in [0.25, 0.3) is 5.91 Å². The van der Waals surface area contributed by atoms with Gasteiger partial charge in [-0.3, -0.25) is 9.78 Å². The number of carbonyl (C=O) groups excluding carboxylic acids is 1. The molecule has 4 N–H and O–H groups in total. The van der Waals surface area contributed by atoms with Crippen LogP contribution in [0.1, 0.15) is 93.8 Å². The van der Waals surface area contributed by atoms with E-state index < -0.39 is 0 Å². The number of halogens is 1. The average molecular weight is 569 g/mol. The minimum absolute atomic E-state index is 0.108. The number of alkyl halides is 1. The van der Waals surface area contributed by atoms with E-state index in [9.17, 15) is 4.79 Å². The molecular formula is C30H45ClN8O. The third-order valence-electron chi connectivity index (χ3n) is 9.82. The van der Waals surface area contributed by atoms with E-state index in [1.807, 2.05) is 10.7 Å². The number of likely N-dealkylation sites (tertiary alicyclic amines) is 1. The van der Waals surface area contributed by atoms with Crippen LogP contribution < -0.4 is 21.3 Å². The summed E-state index contributed by atoms with van der Waals surface area (Å²) < 4.78 is 1.98. The van der Waals surface area contributed by atoms with Gasteiger partial charge in [-0.25, -0.2) is 4.68 Å². The third kappa shape index (κ3) is 5.39. The summed E-state index contributed by atoms with van der Waals surface area (Å²) >= 11 is 7.05. The van der Waals surface area contributed by atoms with Gasteiger partial charge in [-0.15, -0.1) is 11.6 Å². The van der Waals surface area contributed by atoms with E-state index in [2.05, 4.69) is 25.4 Å². The first kappa shape index (κ1) is 27.6. The standard InChI is InChI=1S/C30H45ClN8O/c31-25-21-34-28-26(27(32)36-39(28)30(25)13-6-4-2-1-3-5-7-14-30)29(40)35-23-20-33-15-10-24(23)38-18-11-22(12-19-38)37-16-8-9-17-37/h10,15,20,22,25,34H,1-9,11-14,16-19,21H2,(H2,32,36)(H,35,40). The highest BCUT2D eigenvalue weighted by atomic mass is 35.5. The summed E-state index contributed by atoms with van der Waals surface area (Å²) in [5, 5.41) is 11.2. The minimum Gasteiger partial charge on any atom is -0.381 e. The lowest BCUT2D eigenvalue weighted by molar-refractivity contribution is 0.102. The second kappa shape index (κ2) is 12.1. The molecule has 1 atom stereocenters. The van der Waals surface area contributed by atoms with Crippen LogP contribution in [0.5, 0.6) is 0 Å². The number of nitrogens with zero attached hydrogens (tertiary/aromatic N) is 5. The summed E-state index contributed by atoms with van der Waals surface area (Å²) in [6.45, 7) is 5.01. The van der Waals surface area contributed by atoms with Crippen LogP contribution in [0, 0.1) is 0 Å². The molecule has 1 saturated carbocycles. The zero-order chi connectivity index (χ0) is 27.5. The molecule has 1 aliphatic carbocycles. The van der Waals surface area contributed by atoms with E-state index >= 15 is 0 Å². The number of amides is 1. The summed E-state index contributed by atoms with van der Waals surface area (Å²) in [4.78, 5) is 23.2. The second-order valence-electron chi connectivity index (χ2n) is 12.3. The van der Waals surface area contributed by atoms with Crippen LogP contribution in [0.2, 0.25) is 0 Å². The molecule has 6 rings (SSSR count). The summed E-state index contributed by atoms with van der Waals surface area (Å²) in [6.07, 6.45) is 18.9. The molecule has 3 fully saturated rings. The maximum atomic E-state index is 13.8. The van der Waals surface area contributed by atoms with E-state index in [1.165, 1.54) is 58.0 Å². The van der Waals surface area contributed by atoms with Crippen LogP contribution in [-0.4, -0.2) is 69.7 Å². The van der Waals surface area contributed by atoms with Crippen molar-refractivity contribution >= 4 is 40.5 Å². The first-order valence-corrected chi connectivity index (χ1v) is 16.0. The number of pyridine rings is 1. The van der Waals surface area contributed by atoms with Crippen molar-refractivity contribution < 1.29 is 4.79 Å². The van der Waals surface area contributed by atoms with E-state index in [1.54, 1.807) is 12.4 Å². The van der Waals surface area contributed by atoms with Gasteiger partial charge in [-0.1, -0.05) is 44.9 Å². The molecule has 0 radical (unpaired) electrons. The summed E-state index contributed by atoms with van der Waals surface area (Å²) in [5.74, 6) is 0.690. The highest BCUT2D eigenvalue weighted by Gasteiger charge is 2.46. The molecule has 0 bridgehead atoms. The van der Waals surface area contributed by atoms with Crippen LogP contribution in [0.4, 0.5) is 23.0 Å². The Balaban J connectivity index is 1.22. The Labute approximate surface area is 243 Å². The number of carbonyl (C=O) groups is 1. The number of nitrogen functional groups attached to an aromatic ring is 1. The van der Waals surface area contributed by atoms with E-state index in [0.717, 1.165) is 57.3 Å². The summed E-state index contributed by atoms with van der Waals surface area (Å²) in [7, 11) is 0. The normalized spacial score (nSPS) is 24.4. The molecule has 0 aromatic carbocycles. The van der Waals surface area contributed by atoms with Crippen molar-refractivity contribution in [3.05, 3.63) is 24.0 Å². The lowest BCUT2D eigenvalue weighted by atomic mass is 9.81. The van der Waals surface area contributed by atoms with Gasteiger partial charge < -0.3 is 26.2 Å². The Kier molecular flexibility index (Phi) is 8.40. The monoisotopic (exact) mass is 568 g/mol. The van der Waals surface area contributed by atoms with Crippen LogP contribution in [-0.2, 0) is 5.54 Å². The summed E-state index contributed by atoms with van der Waals surface area (Å²) in [6, 6.07) is 2.68. The number of aromatic nitrogens is 3. The van der Waals surface area contributed by atoms with Gasteiger partial charge in [-0.2, -0.15) is 5.10 Å². The lowest BCUT2D eigenvalue weighted by Gasteiger charge is -2.43. The SMILES string of the molecule is Nc1nn2c(c1C(=O)Nc1cnccc1N1CCC(N3CCCC3)CC1)NCC(Cl)C21CCCCCCCCC1. The zero-order valence-corrected chi connectivity index (χ0v) is 24.5. The molecule has 4 aliphatic rings. The molecule has 9 nitrogen and oxygen atoms in total. The fraction of sp³-hybridized carbons (Fsp3) is 0.700. The number of fused-ring (bicyclic) bond motifs is 2. The number of piperidine rings is 1. The smallest absolute Gasteiger partial charge is 0.263 e. The van der Waals surface area contributed by atoms with Gasteiger partial charge in [0.2, 0.25) is 0 Å². The molecule has 1 amide bonds. The predicted octanol–water partition coefficient (Wildman–Crippen LogP) is 5.43. The largest absolute Gasteiger partial charge is 0.381 e. The van der Waals surface area contributed by atoms with E-state index in [4.69, 9.17) is 22.4 Å². The molecule has 40 heavy (non-hydrogen) atoms. The highest BCUT2D eigenvalue weighted by Crippen LogP contribution is 2.44. The molecule has 5 heterocycles. The molecule has 2 aromatic heterocycles. The lowest BCUT2D eigenvalue weighted by Crippen LogP contribution is -2.50. The maximum absolute atomic E-state index is 13.8. The van der Waals surface area contributed by atoms with Gasteiger partial charge in [-0.05, 0) is 57.7 Å². The van der Waals surface area contributed by atoms with Crippen molar-refractivity contribution in [3.8, 4) is 0 Å². The Hall–Kier alpha value is -2.52. The fourth-order valence-electron chi connectivity index (χ4n) is 7.57. The molecule has 2 saturated heterocycles. The first-order chi connectivity index (χ1) is 19.6. The van der Waals surface area contributed by atoms with E-state index in [0.29, 0.717) is 29.7 Å². The van der Waals surface area contributed by atoms with Crippen LogP contribution in [0.3, 0.4) is 0 Å². The molecule has 10 heteroatoms. The Morgan fingerprint density at radius 1 is 1.00 bits per heavy atom. The first-order valence-electron chi connectivity index (χ1n) is 15.6. The average Bonchev–Trinajstić information content (AvgIpc) is 3.63. The van der Waals surface area contributed by atoms with Crippen molar-refractivity contribution in [1.29, 1.82) is 0 Å². The third-order valence-corrected chi connectivity index (χ3v) is 10.4. The van der Waals surface area contributed by atoms with Crippen molar-refractivity contribution in [1.82, 2.24) is 19.7 Å². The Bertz CT molecular complexity index is 1160. The minimum atomic E-state index is -0.328. The van der Waals surface area contributed by atoms with Gasteiger partial charge in [0.15, 0.2) is 5.82 Å². The van der Waals surface area contributed by atoms with Gasteiger partial charge in [0.05, 0.1) is 28.5 Å². The van der Waals surface area contributed by atoms with Crippen LogP contribution >= 0.6 is 11.6 Å². The number of hydrogen-bond acceptors (Lipinski definition) is 7. The number of nitrogens with two attached hydrogens (primary N) is 1. The molecular weight excluding hydrogens is 524 g/mol. The van der Waals surface area contributed by atoms with Crippen molar-refractivity contribution in [3.63, 3.8) is 0 Å². The molecule has 3 aliphatic heterocycles. The predicted molar refractivity (Wildman–Crippen MR) is 163 cm³/mol. The van der Waals surface area contributed by atoms with Crippen LogP contribution in [0.25, 0.3) is 0 Å².